The van der Waals surface area contributed by atoms with Crippen molar-refractivity contribution in [2.24, 2.45) is 0 Å². The fourth-order valence-electron chi connectivity index (χ4n) is 0.837. The molecule has 0 aliphatic carbocycles. The first kappa shape index (κ1) is 7.47. The summed E-state index contributed by atoms with van der Waals surface area (Å²) >= 11 is 4.52. The molecule has 0 amide bonds. The Morgan fingerprint density at radius 3 is 2.67 bits per heavy atom. The highest BCUT2D eigenvalue weighted by atomic mass is 32.8. The molecular formula is C2H3B3F2S2. The lowest BCUT2D eigenvalue weighted by Gasteiger charge is -2.22. The van der Waals surface area contributed by atoms with Gasteiger partial charge >= 0.3 is 6.99 Å². The Labute approximate surface area is 62.1 Å². The van der Waals surface area contributed by atoms with Crippen LogP contribution in [-0.2, 0) is 21.1 Å². The predicted octanol–water partition coefficient (Wildman–Crippen LogP) is -0.392. The number of rotatable bonds is 1. The lowest BCUT2D eigenvalue weighted by Crippen LogP contribution is -2.54. The Bertz CT molecular complexity index is 167. The second-order valence-electron chi connectivity index (χ2n) is 2.04. The van der Waals surface area contributed by atoms with Crippen molar-refractivity contribution < 1.29 is 8.63 Å². The summed E-state index contributed by atoms with van der Waals surface area (Å²) in [4.78, 5) is 0. The lowest BCUT2D eigenvalue weighted by atomic mass is 9.06. The molecule has 1 fully saturated rings. The average Bonchev–Trinajstić information content (AvgIpc) is 1.83. The molecule has 0 saturated carbocycles. The van der Waals surface area contributed by atoms with Gasteiger partial charge in [-0.15, -0.1) is 0 Å². The average molecular weight is 162 g/mol. The quantitative estimate of drug-likeness (QED) is 0.373. The summed E-state index contributed by atoms with van der Waals surface area (Å²) in [5, 5.41) is 0. The van der Waals surface area contributed by atoms with Gasteiger partial charge in [-0.3, -0.25) is 0 Å². The molecule has 0 atom stereocenters. The molecule has 0 N–H and O–H groups in total. The third kappa shape index (κ3) is 1.27. The van der Waals surface area contributed by atoms with E-state index in [1.807, 2.05) is 0 Å². The summed E-state index contributed by atoms with van der Waals surface area (Å²) in [7, 11) is 0.478. The highest BCUT2D eigenvalue weighted by Gasteiger charge is 2.43. The van der Waals surface area contributed by atoms with Crippen LogP contribution < -0.4 is 0 Å². The van der Waals surface area contributed by atoms with E-state index in [-0.39, 0.29) is 6.60 Å². The molecule has 0 aromatic carbocycles. The van der Waals surface area contributed by atoms with E-state index in [4.69, 9.17) is 0 Å². The first-order valence-electron chi connectivity index (χ1n) is 2.66. The molecule has 1 heterocycles. The molecule has 0 aromatic rings. The summed E-state index contributed by atoms with van der Waals surface area (Å²) in [6, 6.07) is 0. The zero-order valence-electron chi connectivity index (χ0n) is 4.64. The van der Waals surface area contributed by atoms with Crippen LogP contribution in [0.4, 0.5) is 8.63 Å². The highest BCUT2D eigenvalue weighted by molar-refractivity contribution is 8.20. The van der Waals surface area contributed by atoms with E-state index in [1.54, 1.807) is 0 Å². The Balaban J connectivity index is 2.58. The van der Waals surface area contributed by atoms with Crippen LogP contribution >= 0.6 is 0 Å². The van der Waals surface area contributed by atoms with Gasteiger partial charge in [-0.1, -0.05) is 16.1 Å². The summed E-state index contributed by atoms with van der Waals surface area (Å²) in [5.74, 6) is 0. The second-order valence-corrected chi connectivity index (χ2v) is 3.18. The van der Waals surface area contributed by atoms with Gasteiger partial charge in [-0.2, -0.15) is 0 Å². The molecule has 1 saturated heterocycles. The minimum Gasteiger partial charge on any atom is -0.352 e. The van der Waals surface area contributed by atoms with Gasteiger partial charge in [-0.25, -0.2) is 0 Å². The van der Waals surface area contributed by atoms with Crippen molar-refractivity contribution in [2.75, 3.05) is 0 Å². The SMILES string of the molecule is FBB1CB(F)C1=S=S. The van der Waals surface area contributed by atoms with Crippen LogP contribution in [0.15, 0.2) is 0 Å². The van der Waals surface area contributed by atoms with Crippen molar-refractivity contribution in [3.8, 4) is 0 Å². The van der Waals surface area contributed by atoms with Crippen LogP contribution in [0, 0.1) is 0 Å². The first-order valence-corrected chi connectivity index (χ1v) is 4.40. The molecular weight excluding hydrogens is 159 g/mol. The maximum atomic E-state index is 12.3. The molecule has 0 unspecified atom stereocenters. The predicted molar refractivity (Wildman–Crippen MR) is 45.4 cm³/mol. The highest BCUT2D eigenvalue weighted by Crippen LogP contribution is 2.14. The van der Waals surface area contributed by atoms with Gasteiger partial charge in [0.2, 0.25) is 0 Å². The molecule has 9 heavy (non-hydrogen) atoms. The van der Waals surface area contributed by atoms with E-state index < -0.39 is 14.4 Å². The molecule has 0 radical (unpaired) electrons. The van der Waals surface area contributed by atoms with Gasteiger partial charge in [0.1, 0.15) is 0 Å². The van der Waals surface area contributed by atoms with Gasteiger partial charge in [-0.05, 0) is 15.9 Å². The Morgan fingerprint density at radius 1 is 1.78 bits per heavy atom. The largest absolute Gasteiger partial charge is 0.370 e. The van der Waals surface area contributed by atoms with E-state index in [0.29, 0.717) is 10.9 Å². The zero-order valence-corrected chi connectivity index (χ0v) is 6.27. The molecule has 7 heteroatoms. The van der Waals surface area contributed by atoms with Gasteiger partial charge in [0.25, 0.3) is 7.45 Å². The van der Waals surface area contributed by atoms with E-state index in [2.05, 4.69) is 11.2 Å². The molecule has 1 rings (SSSR count). The molecule has 46 valence electrons. The Morgan fingerprint density at radius 2 is 2.44 bits per heavy atom. The van der Waals surface area contributed by atoms with Crippen LogP contribution in [0.1, 0.15) is 0 Å². The number of hydrogen-bond acceptors (Lipinski definition) is 1. The molecule has 1 aliphatic heterocycles. The van der Waals surface area contributed by atoms with Crippen molar-refractivity contribution in [3.05, 3.63) is 0 Å². The maximum absolute atomic E-state index is 12.3. The first-order chi connectivity index (χ1) is 4.29. The van der Waals surface area contributed by atoms with Crippen molar-refractivity contribution in [1.29, 1.82) is 0 Å². The minimum atomic E-state index is -0.937. The molecule has 0 bridgehead atoms. The summed E-state index contributed by atoms with van der Waals surface area (Å²) in [6.07, 6.45) is 0.329. The zero-order chi connectivity index (χ0) is 6.85. The number of hydrogen-bond donors (Lipinski definition) is 0. The normalized spacial score (nSPS) is 17.3. The fraction of sp³-hybridized carbons (Fsp3) is 0.500. The molecule has 0 spiro atoms. The van der Waals surface area contributed by atoms with Crippen LogP contribution in [0.25, 0.3) is 0 Å². The van der Waals surface area contributed by atoms with Crippen molar-refractivity contribution in [2.45, 2.75) is 6.22 Å². The fourth-order valence-corrected chi connectivity index (χ4v) is 2.05. The summed E-state index contributed by atoms with van der Waals surface area (Å²) in [6.45, 7) is -1.13. The van der Waals surface area contributed by atoms with E-state index in [9.17, 15) is 8.63 Å². The van der Waals surface area contributed by atoms with Crippen molar-refractivity contribution >= 4 is 46.8 Å². The Kier molecular flexibility index (Phi) is 2.46. The summed E-state index contributed by atoms with van der Waals surface area (Å²) in [5.41, 5.74) is 0. The topological polar surface area (TPSA) is 0 Å². The van der Waals surface area contributed by atoms with Crippen LogP contribution in [0.3, 0.4) is 0 Å². The van der Waals surface area contributed by atoms with E-state index in [1.165, 1.54) is 0 Å². The van der Waals surface area contributed by atoms with Gasteiger partial charge in [0, 0.05) is 0 Å². The second kappa shape index (κ2) is 2.97. The standard InChI is InChI=1S/C2H3B3F2S2/c6-3-4-1-5(7)2(4)9-8/h3H,1H2. The van der Waals surface area contributed by atoms with Crippen LogP contribution in [0.5, 0.6) is 0 Å². The third-order valence-corrected chi connectivity index (χ3v) is 2.84. The lowest BCUT2D eigenvalue weighted by molar-refractivity contribution is 0.852. The van der Waals surface area contributed by atoms with Gasteiger partial charge in [0.15, 0.2) is 6.60 Å². The Hall–Kier alpha value is 0.365. The van der Waals surface area contributed by atoms with E-state index >= 15 is 0 Å². The maximum Gasteiger partial charge on any atom is 0.370 e. The van der Waals surface area contributed by atoms with Crippen molar-refractivity contribution in [3.63, 3.8) is 0 Å². The molecule has 1 aliphatic rings. The monoisotopic (exact) mass is 162 g/mol. The van der Waals surface area contributed by atoms with Crippen LogP contribution in [0.2, 0.25) is 6.22 Å². The van der Waals surface area contributed by atoms with Crippen LogP contribution in [-0.4, -0.2) is 25.7 Å². The molecule has 0 aromatic heterocycles. The summed E-state index contributed by atoms with van der Waals surface area (Å²) < 4.78 is 24.6. The number of halogens is 2. The van der Waals surface area contributed by atoms with Gasteiger partial charge < -0.3 is 8.63 Å². The minimum absolute atomic E-state index is 0.192. The van der Waals surface area contributed by atoms with E-state index in [0.717, 1.165) is 9.91 Å². The van der Waals surface area contributed by atoms with Gasteiger partial charge in [0.05, 0.1) is 0 Å². The van der Waals surface area contributed by atoms with Crippen molar-refractivity contribution in [1.82, 2.24) is 0 Å². The smallest absolute Gasteiger partial charge is 0.352 e. The molecule has 0 nitrogen and oxygen atoms in total. The third-order valence-electron chi connectivity index (χ3n) is 1.49.